The molecule has 1 rings (SSSR count). The molecule has 1 atom stereocenters. The molecular weight excluding hydrogens is 190 g/mol. The molecule has 1 unspecified atom stereocenters. The maximum Gasteiger partial charge on any atom is 0.220 e. The van der Waals surface area contributed by atoms with Gasteiger partial charge in [-0.1, -0.05) is 0 Å². The minimum absolute atomic E-state index is 0.132. The van der Waals surface area contributed by atoms with Crippen molar-refractivity contribution in [1.82, 2.24) is 10.2 Å². The molecule has 0 aliphatic carbocycles. The molecule has 0 radical (unpaired) electrons. The summed E-state index contributed by atoms with van der Waals surface area (Å²) in [5.41, 5.74) is 5.35. The van der Waals surface area contributed by atoms with E-state index < -0.39 is 0 Å². The van der Waals surface area contributed by atoms with Gasteiger partial charge in [-0.05, 0) is 45.8 Å². The third-order valence-corrected chi connectivity index (χ3v) is 2.75. The van der Waals surface area contributed by atoms with Gasteiger partial charge in [-0.3, -0.25) is 4.79 Å². The molecule has 3 N–H and O–H groups in total. The summed E-state index contributed by atoms with van der Waals surface area (Å²) >= 11 is 0. The fraction of sp³-hybridized carbons (Fsp3) is 0.909. The number of rotatable bonds is 6. The van der Waals surface area contributed by atoms with E-state index in [4.69, 9.17) is 5.73 Å². The molecule has 0 aromatic rings. The molecule has 0 spiro atoms. The van der Waals surface area contributed by atoms with Crippen LogP contribution in [0, 0.1) is 0 Å². The van der Waals surface area contributed by atoms with Crippen LogP contribution in [0.5, 0.6) is 0 Å². The van der Waals surface area contributed by atoms with Crippen LogP contribution in [0.15, 0.2) is 0 Å². The summed E-state index contributed by atoms with van der Waals surface area (Å²) in [5.74, 6) is 0.132. The Morgan fingerprint density at radius 2 is 2.13 bits per heavy atom. The van der Waals surface area contributed by atoms with Crippen LogP contribution < -0.4 is 11.1 Å². The van der Waals surface area contributed by atoms with Crippen molar-refractivity contribution in [3.05, 3.63) is 0 Å². The van der Waals surface area contributed by atoms with Gasteiger partial charge in [0.25, 0.3) is 0 Å². The van der Waals surface area contributed by atoms with E-state index in [0.29, 0.717) is 13.0 Å². The van der Waals surface area contributed by atoms with Crippen molar-refractivity contribution >= 4 is 5.91 Å². The molecule has 4 nitrogen and oxygen atoms in total. The van der Waals surface area contributed by atoms with Crippen LogP contribution in [0.3, 0.4) is 0 Å². The molecule has 1 aliphatic rings. The Kier molecular flexibility index (Phi) is 5.65. The number of hydrogen-bond donors (Lipinski definition) is 2. The average Bonchev–Trinajstić information content (AvgIpc) is 2.67. The lowest BCUT2D eigenvalue weighted by Gasteiger charge is -2.21. The maximum absolute atomic E-state index is 11.4. The lowest BCUT2D eigenvalue weighted by atomic mass is 10.2. The van der Waals surface area contributed by atoms with Crippen LogP contribution in [0.2, 0.25) is 0 Å². The van der Waals surface area contributed by atoms with Crippen LogP contribution in [0.1, 0.15) is 32.6 Å². The topological polar surface area (TPSA) is 58.4 Å². The van der Waals surface area contributed by atoms with E-state index in [1.807, 2.05) is 0 Å². The predicted molar refractivity (Wildman–Crippen MR) is 61.6 cm³/mol. The summed E-state index contributed by atoms with van der Waals surface area (Å²) in [6, 6.07) is 0.258. The molecular formula is C11H23N3O. The second-order valence-corrected chi connectivity index (χ2v) is 4.37. The second kappa shape index (κ2) is 6.80. The molecule has 1 amide bonds. The third kappa shape index (κ3) is 5.14. The molecule has 1 aliphatic heterocycles. The van der Waals surface area contributed by atoms with Gasteiger partial charge in [0, 0.05) is 19.0 Å². The minimum atomic E-state index is 0.132. The van der Waals surface area contributed by atoms with Gasteiger partial charge in [-0.15, -0.1) is 0 Å². The van der Waals surface area contributed by atoms with E-state index in [2.05, 4.69) is 17.1 Å². The van der Waals surface area contributed by atoms with Gasteiger partial charge < -0.3 is 16.0 Å². The summed E-state index contributed by atoms with van der Waals surface area (Å²) in [6.07, 6.45) is 3.94. The first-order chi connectivity index (χ1) is 7.22. The quantitative estimate of drug-likeness (QED) is 0.668. The van der Waals surface area contributed by atoms with E-state index in [1.165, 1.54) is 25.9 Å². The van der Waals surface area contributed by atoms with Crippen molar-refractivity contribution in [1.29, 1.82) is 0 Å². The highest BCUT2D eigenvalue weighted by atomic mass is 16.1. The normalized spacial score (nSPS) is 19.1. The highest BCUT2D eigenvalue weighted by molar-refractivity contribution is 5.76. The highest BCUT2D eigenvalue weighted by Crippen LogP contribution is 2.07. The van der Waals surface area contributed by atoms with Gasteiger partial charge in [-0.25, -0.2) is 0 Å². The highest BCUT2D eigenvalue weighted by Gasteiger charge is 2.15. The number of amides is 1. The zero-order chi connectivity index (χ0) is 11.1. The molecule has 4 heteroatoms. The summed E-state index contributed by atoms with van der Waals surface area (Å²) < 4.78 is 0. The molecule has 1 saturated heterocycles. The maximum atomic E-state index is 11.4. The molecule has 0 saturated carbocycles. The zero-order valence-corrected chi connectivity index (χ0v) is 9.67. The van der Waals surface area contributed by atoms with Crippen molar-refractivity contribution < 1.29 is 4.79 Å². The Balaban J connectivity index is 2.11. The van der Waals surface area contributed by atoms with E-state index in [1.54, 1.807) is 0 Å². The Morgan fingerprint density at radius 3 is 2.73 bits per heavy atom. The van der Waals surface area contributed by atoms with Gasteiger partial charge >= 0.3 is 0 Å². The summed E-state index contributed by atoms with van der Waals surface area (Å²) in [7, 11) is 0. The predicted octanol–water partition coefficient (Wildman–Crippen LogP) is 0.326. The number of carbonyl (C=O) groups excluding carboxylic acids is 1. The largest absolute Gasteiger partial charge is 0.352 e. The van der Waals surface area contributed by atoms with Crippen molar-refractivity contribution in [3.8, 4) is 0 Å². The number of hydrogen-bond acceptors (Lipinski definition) is 3. The first-order valence-electron chi connectivity index (χ1n) is 5.94. The van der Waals surface area contributed by atoms with E-state index in [9.17, 15) is 4.79 Å². The third-order valence-electron chi connectivity index (χ3n) is 2.75. The number of likely N-dealkylation sites (tertiary alicyclic amines) is 1. The van der Waals surface area contributed by atoms with E-state index in [-0.39, 0.29) is 11.9 Å². The molecule has 0 aromatic heterocycles. The minimum Gasteiger partial charge on any atom is -0.352 e. The molecule has 0 bridgehead atoms. The van der Waals surface area contributed by atoms with Crippen LogP contribution in [0.4, 0.5) is 0 Å². The summed E-state index contributed by atoms with van der Waals surface area (Å²) in [5, 5.41) is 3.01. The molecule has 0 aromatic carbocycles. The fourth-order valence-electron chi connectivity index (χ4n) is 2.01. The van der Waals surface area contributed by atoms with Crippen molar-refractivity contribution in [2.75, 3.05) is 26.2 Å². The monoisotopic (exact) mass is 213 g/mol. The van der Waals surface area contributed by atoms with Crippen LogP contribution in [-0.4, -0.2) is 43.0 Å². The zero-order valence-electron chi connectivity index (χ0n) is 9.67. The molecule has 1 heterocycles. The lowest BCUT2D eigenvalue weighted by molar-refractivity contribution is -0.121. The van der Waals surface area contributed by atoms with Crippen molar-refractivity contribution in [2.45, 2.75) is 38.6 Å². The number of nitrogens with two attached hydrogens (primary N) is 1. The Labute approximate surface area is 92.2 Å². The van der Waals surface area contributed by atoms with Crippen molar-refractivity contribution in [2.24, 2.45) is 5.73 Å². The SMILES string of the molecule is CC(CN1CCCC1)NC(=O)CCCN. The second-order valence-electron chi connectivity index (χ2n) is 4.37. The van der Waals surface area contributed by atoms with Gasteiger partial charge in [0.05, 0.1) is 0 Å². The Morgan fingerprint density at radius 1 is 1.47 bits per heavy atom. The Hall–Kier alpha value is -0.610. The number of nitrogens with one attached hydrogen (secondary N) is 1. The summed E-state index contributed by atoms with van der Waals surface area (Å²) in [6.45, 7) is 6.01. The van der Waals surface area contributed by atoms with Crippen LogP contribution >= 0.6 is 0 Å². The van der Waals surface area contributed by atoms with E-state index in [0.717, 1.165) is 13.0 Å². The lowest BCUT2D eigenvalue weighted by Crippen LogP contribution is -2.41. The first kappa shape index (κ1) is 12.5. The molecule has 1 fully saturated rings. The Bertz CT molecular complexity index is 190. The summed E-state index contributed by atoms with van der Waals surface area (Å²) in [4.78, 5) is 13.8. The fourth-order valence-corrected chi connectivity index (χ4v) is 2.01. The number of nitrogens with zero attached hydrogens (tertiary/aromatic N) is 1. The standard InChI is InChI=1S/C11H23N3O/c1-10(9-14-7-2-3-8-14)13-11(15)5-4-6-12/h10H,2-9,12H2,1H3,(H,13,15). The van der Waals surface area contributed by atoms with Crippen LogP contribution in [-0.2, 0) is 4.79 Å². The smallest absolute Gasteiger partial charge is 0.220 e. The molecule has 15 heavy (non-hydrogen) atoms. The average molecular weight is 213 g/mol. The van der Waals surface area contributed by atoms with Gasteiger partial charge in [0.15, 0.2) is 0 Å². The van der Waals surface area contributed by atoms with Crippen molar-refractivity contribution in [3.63, 3.8) is 0 Å². The van der Waals surface area contributed by atoms with Crippen LogP contribution in [0.25, 0.3) is 0 Å². The molecule has 88 valence electrons. The first-order valence-corrected chi connectivity index (χ1v) is 5.94. The van der Waals surface area contributed by atoms with Gasteiger partial charge in [0.1, 0.15) is 0 Å². The number of carbonyl (C=O) groups is 1. The van der Waals surface area contributed by atoms with E-state index >= 15 is 0 Å². The van der Waals surface area contributed by atoms with Gasteiger partial charge in [-0.2, -0.15) is 0 Å². The van der Waals surface area contributed by atoms with Gasteiger partial charge in [0.2, 0.25) is 5.91 Å².